The van der Waals surface area contributed by atoms with Gasteiger partial charge in [-0.3, -0.25) is 4.79 Å². The first kappa shape index (κ1) is 18.8. The van der Waals surface area contributed by atoms with Gasteiger partial charge in [-0.1, -0.05) is 43.2 Å². The van der Waals surface area contributed by atoms with Gasteiger partial charge in [-0.2, -0.15) is 0 Å². The van der Waals surface area contributed by atoms with Crippen molar-refractivity contribution in [1.82, 2.24) is 9.88 Å². The van der Waals surface area contributed by atoms with Crippen molar-refractivity contribution >= 4 is 11.8 Å². The average Bonchev–Trinajstić information content (AvgIpc) is 3.17. The fourth-order valence-corrected chi connectivity index (χ4v) is 5.59. The molecular weight excluding hydrogens is 356 g/mol. The molecule has 4 nitrogen and oxygen atoms in total. The van der Waals surface area contributed by atoms with Gasteiger partial charge in [-0.15, -0.1) is 11.8 Å². The number of benzene rings is 1. The second kappa shape index (κ2) is 7.46. The Morgan fingerprint density at radius 2 is 1.93 bits per heavy atom. The van der Waals surface area contributed by atoms with Crippen LogP contribution in [0.3, 0.4) is 0 Å². The molecule has 0 bridgehead atoms. The Bertz CT molecular complexity index is 858. The Kier molecular flexibility index (Phi) is 5.19. The van der Waals surface area contributed by atoms with Crippen LogP contribution >= 0.6 is 11.8 Å². The Morgan fingerprint density at radius 3 is 2.63 bits per heavy atom. The smallest absolute Gasteiger partial charge is 0.251 e. The van der Waals surface area contributed by atoms with E-state index in [4.69, 9.17) is 0 Å². The zero-order chi connectivity index (χ0) is 18.9. The van der Waals surface area contributed by atoms with E-state index in [-0.39, 0.29) is 11.0 Å². The maximum atomic E-state index is 12.9. The number of piperidine rings is 1. The molecule has 1 aliphatic carbocycles. The summed E-state index contributed by atoms with van der Waals surface area (Å²) in [6, 6.07) is 11.8. The second-order valence-corrected chi connectivity index (χ2v) is 8.88. The van der Waals surface area contributed by atoms with Gasteiger partial charge in [0.05, 0.1) is 12.1 Å². The number of nitrogens with zero attached hydrogens (tertiary/aromatic N) is 1. The van der Waals surface area contributed by atoms with Crippen molar-refractivity contribution < 1.29 is 5.11 Å². The summed E-state index contributed by atoms with van der Waals surface area (Å²) in [5, 5.41) is 15.1. The molecule has 1 atom stereocenters. The van der Waals surface area contributed by atoms with E-state index < -0.39 is 5.60 Å². The van der Waals surface area contributed by atoms with E-state index in [0.29, 0.717) is 13.0 Å². The highest BCUT2D eigenvalue weighted by Crippen LogP contribution is 2.49. The first-order valence-electron chi connectivity index (χ1n) is 9.84. The van der Waals surface area contributed by atoms with E-state index >= 15 is 0 Å². The summed E-state index contributed by atoms with van der Waals surface area (Å²) in [6.45, 7) is 2.05. The molecule has 1 spiro atoms. The number of thioether (sulfide) groups is 1. The monoisotopic (exact) mass is 384 g/mol. The van der Waals surface area contributed by atoms with E-state index in [1.165, 1.54) is 12.8 Å². The van der Waals surface area contributed by atoms with E-state index in [1.807, 2.05) is 42.8 Å². The van der Waals surface area contributed by atoms with Crippen LogP contribution in [0.4, 0.5) is 0 Å². The lowest BCUT2D eigenvalue weighted by Crippen LogP contribution is -2.60. The van der Waals surface area contributed by atoms with Crippen LogP contribution in [0.5, 0.6) is 0 Å². The molecule has 1 aliphatic heterocycles. The summed E-state index contributed by atoms with van der Waals surface area (Å²) in [5.41, 5.74) is 1.08. The zero-order valence-corrected chi connectivity index (χ0v) is 16.7. The molecule has 1 unspecified atom stereocenters. The molecule has 0 amide bonds. The summed E-state index contributed by atoms with van der Waals surface area (Å²) in [7, 11) is 0. The molecule has 1 saturated carbocycles. The first-order valence-corrected chi connectivity index (χ1v) is 11.1. The molecule has 144 valence electrons. The van der Waals surface area contributed by atoms with Crippen LogP contribution in [0.15, 0.2) is 52.3 Å². The quantitative estimate of drug-likeness (QED) is 0.792. The van der Waals surface area contributed by atoms with Gasteiger partial charge in [-0.25, -0.2) is 0 Å². The molecule has 2 fully saturated rings. The van der Waals surface area contributed by atoms with Gasteiger partial charge < -0.3 is 15.0 Å². The molecule has 5 heteroatoms. The summed E-state index contributed by atoms with van der Waals surface area (Å²) in [6.07, 6.45) is 9.11. The van der Waals surface area contributed by atoms with Crippen LogP contribution < -0.4 is 10.9 Å². The largest absolute Gasteiger partial charge is 0.387 e. The molecule has 27 heavy (non-hydrogen) atoms. The third-order valence-electron chi connectivity index (χ3n) is 6.55. The number of rotatable bonds is 4. The lowest BCUT2D eigenvalue weighted by molar-refractivity contribution is -0.115. The van der Waals surface area contributed by atoms with Crippen molar-refractivity contribution in [2.45, 2.75) is 49.1 Å². The molecule has 1 saturated heterocycles. The molecule has 1 aromatic heterocycles. The molecule has 2 aliphatic rings. The summed E-state index contributed by atoms with van der Waals surface area (Å²) in [5.74, 6) is 0. The Hall–Kier alpha value is -1.56. The number of hydrogen-bond donors (Lipinski definition) is 2. The topological polar surface area (TPSA) is 54.3 Å². The van der Waals surface area contributed by atoms with Gasteiger partial charge in [0.25, 0.3) is 5.56 Å². The van der Waals surface area contributed by atoms with Crippen LogP contribution in [0, 0.1) is 5.41 Å². The summed E-state index contributed by atoms with van der Waals surface area (Å²) < 4.78 is 1.74. The predicted octanol–water partition coefficient (Wildman–Crippen LogP) is 3.52. The van der Waals surface area contributed by atoms with E-state index in [9.17, 15) is 9.90 Å². The molecule has 2 aromatic rings. The number of aromatic nitrogens is 1. The predicted molar refractivity (Wildman–Crippen MR) is 111 cm³/mol. The van der Waals surface area contributed by atoms with E-state index in [1.54, 1.807) is 22.4 Å². The van der Waals surface area contributed by atoms with Crippen LogP contribution in [0.2, 0.25) is 0 Å². The van der Waals surface area contributed by atoms with Crippen molar-refractivity contribution in [3.05, 3.63) is 52.9 Å². The van der Waals surface area contributed by atoms with Gasteiger partial charge >= 0.3 is 0 Å². The molecule has 0 radical (unpaired) electrons. The maximum Gasteiger partial charge on any atom is 0.251 e. The van der Waals surface area contributed by atoms with Gasteiger partial charge in [0, 0.05) is 34.7 Å². The normalized spacial score (nSPS) is 24.4. The molecule has 1 aromatic carbocycles. The van der Waals surface area contributed by atoms with Crippen LogP contribution in [0.1, 0.15) is 32.1 Å². The Morgan fingerprint density at radius 1 is 1.19 bits per heavy atom. The van der Waals surface area contributed by atoms with Gasteiger partial charge in [0.2, 0.25) is 0 Å². The Labute approximate surface area is 165 Å². The van der Waals surface area contributed by atoms with Crippen LogP contribution in [-0.4, -0.2) is 34.6 Å². The van der Waals surface area contributed by atoms with E-state index in [2.05, 4.69) is 5.32 Å². The van der Waals surface area contributed by atoms with Gasteiger partial charge in [-0.05, 0) is 37.6 Å². The highest BCUT2D eigenvalue weighted by Gasteiger charge is 2.53. The first-order chi connectivity index (χ1) is 13.1. The standard InChI is InChI=1S/C22H28N2O2S/c1-27-19-14-24(20(25)13-18(19)17-7-3-2-4-8-17)16-22(26)11-12-23-15-21(22)9-5-6-10-21/h2-4,7-8,13-14,23,26H,5-6,9-12,15-16H2,1H3. The third kappa shape index (κ3) is 3.37. The zero-order valence-electron chi connectivity index (χ0n) is 15.9. The third-order valence-corrected chi connectivity index (χ3v) is 7.32. The number of pyridine rings is 1. The van der Waals surface area contributed by atoms with Crippen molar-refractivity contribution in [2.75, 3.05) is 19.3 Å². The second-order valence-electron chi connectivity index (χ2n) is 8.03. The lowest BCUT2D eigenvalue weighted by Gasteiger charge is -2.49. The van der Waals surface area contributed by atoms with Crippen LogP contribution in [0.25, 0.3) is 11.1 Å². The number of hydrogen-bond acceptors (Lipinski definition) is 4. The fraction of sp³-hybridized carbons (Fsp3) is 0.500. The highest BCUT2D eigenvalue weighted by atomic mass is 32.2. The van der Waals surface area contributed by atoms with Gasteiger partial charge in [0.1, 0.15) is 0 Å². The minimum Gasteiger partial charge on any atom is -0.387 e. The molecule has 2 N–H and O–H groups in total. The minimum absolute atomic E-state index is 0.0354. The summed E-state index contributed by atoms with van der Waals surface area (Å²) in [4.78, 5) is 14.0. The SMILES string of the molecule is CSc1cn(CC2(O)CCNCC23CCCC3)c(=O)cc1-c1ccccc1. The minimum atomic E-state index is -0.817. The van der Waals surface area contributed by atoms with E-state index in [0.717, 1.165) is 42.0 Å². The number of nitrogens with one attached hydrogen (secondary N) is 1. The van der Waals surface area contributed by atoms with Crippen molar-refractivity contribution in [2.24, 2.45) is 5.41 Å². The summed E-state index contributed by atoms with van der Waals surface area (Å²) >= 11 is 1.64. The highest BCUT2D eigenvalue weighted by molar-refractivity contribution is 7.98. The Balaban J connectivity index is 1.71. The molecule has 2 heterocycles. The van der Waals surface area contributed by atoms with Gasteiger partial charge in [0.15, 0.2) is 0 Å². The average molecular weight is 385 g/mol. The maximum absolute atomic E-state index is 12.9. The fourth-order valence-electron chi connectivity index (χ4n) is 4.96. The number of aliphatic hydroxyl groups is 1. The lowest BCUT2D eigenvalue weighted by atomic mass is 9.66. The molecule has 4 rings (SSSR count). The van der Waals surface area contributed by atoms with Crippen molar-refractivity contribution in [3.63, 3.8) is 0 Å². The van der Waals surface area contributed by atoms with Crippen molar-refractivity contribution in [1.29, 1.82) is 0 Å². The van der Waals surface area contributed by atoms with Crippen LogP contribution in [-0.2, 0) is 6.54 Å². The molecular formula is C22H28N2O2S. The van der Waals surface area contributed by atoms with Crippen molar-refractivity contribution in [3.8, 4) is 11.1 Å².